The number of carbonyl (C=O) groups excluding carboxylic acids is 1. The van der Waals surface area contributed by atoms with E-state index in [-0.39, 0.29) is 5.91 Å². The molecule has 0 saturated heterocycles. The Balaban J connectivity index is 2.16. The van der Waals surface area contributed by atoms with Gasteiger partial charge in [-0.3, -0.25) is 9.78 Å². The zero-order chi connectivity index (χ0) is 13.0. The quantitative estimate of drug-likeness (QED) is 0.900. The molecule has 0 bridgehead atoms. The Hall–Kier alpha value is -2.36. The maximum absolute atomic E-state index is 12.0. The number of hydrogen-bond acceptors (Lipinski definition) is 3. The summed E-state index contributed by atoms with van der Waals surface area (Å²) >= 11 is 0. The molecule has 1 aromatic heterocycles. The highest BCUT2D eigenvalue weighted by Gasteiger charge is 2.07. The smallest absolute Gasteiger partial charge is 0.274 e. The highest BCUT2D eigenvalue weighted by atomic mass is 16.5. The van der Waals surface area contributed by atoms with Gasteiger partial charge >= 0.3 is 0 Å². The Morgan fingerprint density at radius 2 is 2.11 bits per heavy atom. The number of anilines is 1. The highest BCUT2D eigenvalue weighted by Crippen LogP contribution is 2.17. The summed E-state index contributed by atoms with van der Waals surface area (Å²) in [5, 5.41) is 2.78. The van der Waals surface area contributed by atoms with Gasteiger partial charge in [0, 0.05) is 18.0 Å². The van der Waals surface area contributed by atoms with Crippen LogP contribution in [0.5, 0.6) is 5.75 Å². The molecule has 2 aromatic rings. The third kappa shape index (κ3) is 2.85. The summed E-state index contributed by atoms with van der Waals surface area (Å²) < 4.78 is 5.09. The van der Waals surface area contributed by atoms with Gasteiger partial charge in [-0.1, -0.05) is 6.07 Å². The van der Waals surface area contributed by atoms with Gasteiger partial charge in [0.15, 0.2) is 0 Å². The average Bonchev–Trinajstić information content (AvgIpc) is 2.39. The number of aryl methyl sites for hydroxylation is 1. The largest absolute Gasteiger partial charge is 0.497 e. The minimum absolute atomic E-state index is 0.230. The second-order valence-corrected chi connectivity index (χ2v) is 3.90. The summed E-state index contributed by atoms with van der Waals surface area (Å²) in [6.45, 7) is 1.92. The number of amides is 1. The zero-order valence-corrected chi connectivity index (χ0v) is 10.3. The molecular weight excluding hydrogens is 228 g/mol. The van der Waals surface area contributed by atoms with Crippen LogP contribution in [-0.4, -0.2) is 18.0 Å². The number of ether oxygens (including phenoxy) is 1. The first-order chi connectivity index (χ1) is 8.69. The lowest BCUT2D eigenvalue weighted by Crippen LogP contribution is -2.13. The van der Waals surface area contributed by atoms with Gasteiger partial charge in [-0.15, -0.1) is 0 Å². The molecule has 0 spiro atoms. The van der Waals surface area contributed by atoms with Gasteiger partial charge in [-0.25, -0.2) is 0 Å². The second kappa shape index (κ2) is 5.31. The Bertz CT molecular complexity index is 567. The van der Waals surface area contributed by atoms with Gasteiger partial charge in [0.05, 0.1) is 7.11 Å². The number of pyridine rings is 1. The molecule has 1 heterocycles. The first-order valence-electron chi connectivity index (χ1n) is 5.57. The summed E-state index contributed by atoms with van der Waals surface area (Å²) in [5.41, 5.74) is 2.08. The van der Waals surface area contributed by atoms with Crippen molar-refractivity contribution in [3.8, 4) is 5.75 Å². The molecule has 0 aliphatic carbocycles. The molecule has 18 heavy (non-hydrogen) atoms. The number of hydrogen-bond donors (Lipinski definition) is 1. The van der Waals surface area contributed by atoms with E-state index in [4.69, 9.17) is 4.74 Å². The van der Waals surface area contributed by atoms with E-state index in [1.165, 1.54) is 0 Å². The molecule has 2 rings (SSSR count). The predicted octanol–water partition coefficient (Wildman–Crippen LogP) is 2.65. The van der Waals surface area contributed by atoms with Crippen molar-refractivity contribution < 1.29 is 9.53 Å². The van der Waals surface area contributed by atoms with Crippen LogP contribution >= 0.6 is 0 Å². The molecule has 92 valence electrons. The van der Waals surface area contributed by atoms with Gasteiger partial charge < -0.3 is 10.1 Å². The summed E-state index contributed by atoms with van der Waals surface area (Å²) in [5.74, 6) is 0.469. The highest BCUT2D eigenvalue weighted by molar-refractivity contribution is 6.03. The number of nitrogens with zero attached hydrogens (tertiary/aromatic N) is 1. The standard InChI is InChI=1S/C14H14N2O2/c1-10-6-7-15-13(8-10)14(17)16-11-4-3-5-12(9-11)18-2/h3-9H,1-2H3,(H,16,17). The van der Waals surface area contributed by atoms with Gasteiger partial charge in [0.2, 0.25) is 0 Å². The van der Waals surface area contributed by atoms with E-state index < -0.39 is 0 Å². The molecular formula is C14H14N2O2. The van der Waals surface area contributed by atoms with Crippen LogP contribution < -0.4 is 10.1 Å². The summed E-state index contributed by atoms with van der Waals surface area (Å²) in [6.07, 6.45) is 1.62. The number of methoxy groups -OCH3 is 1. The van der Waals surface area contributed by atoms with E-state index >= 15 is 0 Å². The van der Waals surface area contributed by atoms with Crippen molar-refractivity contribution >= 4 is 11.6 Å². The fraction of sp³-hybridized carbons (Fsp3) is 0.143. The number of aromatic nitrogens is 1. The van der Waals surface area contributed by atoms with Crippen molar-refractivity contribution in [3.05, 3.63) is 53.9 Å². The van der Waals surface area contributed by atoms with Gasteiger partial charge in [0.1, 0.15) is 11.4 Å². The lowest BCUT2D eigenvalue weighted by Gasteiger charge is -2.06. The van der Waals surface area contributed by atoms with Crippen LogP contribution in [-0.2, 0) is 0 Å². The van der Waals surface area contributed by atoms with Crippen LogP contribution in [0.1, 0.15) is 16.1 Å². The summed E-state index contributed by atoms with van der Waals surface area (Å²) in [6, 6.07) is 10.8. The summed E-state index contributed by atoms with van der Waals surface area (Å²) in [4.78, 5) is 16.0. The minimum atomic E-state index is -0.230. The molecule has 0 aliphatic rings. The van der Waals surface area contributed by atoms with E-state index in [0.717, 1.165) is 5.56 Å². The van der Waals surface area contributed by atoms with Gasteiger partial charge in [-0.05, 0) is 36.8 Å². The Morgan fingerprint density at radius 1 is 1.28 bits per heavy atom. The van der Waals surface area contributed by atoms with Crippen molar-refractivity contribution in [2.75, 3.05) is 12.4 Å². The van der Waals surface area contributed by atoms with E-state index in [1.54, 1.807) is 31.5 Å². The third-order valence-corrected chi connectivity index (χ3v) is 2.48. The van der Waals surface area contributed by atoms with Crippen LogP contribution in [0.25, 0.3) is 0 Å². The Labute approximate surface area is 106 Å². The van der Waals surface area contributed by atoms with Gasteiger partial charge in [0.25, 0.3) is 5.91 Å². The zero-order valence-electron chi connectivity index (χ0n) is 10.3. The predicted molar refractivity (Wildman–Crippen MR) is 69.9 cm³/mol. The Kier molecular flexibility index (Phi) is 3.57. The monoisotopic (exact) mass is 242 g/mol. The van der Waals surface area contributed by atoms with Crippen LogP contribution in [0.4, 0.5) is 5.69 Å². The number of carbonyl (C=O) groups is 1. The molecule has 0 fully saturated rings. The maximum Gasteiger partial charge on any atom is 0.274 e. The van der Waals surface area contributed by atoms with Crippen molar-refractivity contribution in [1.29, 1.82) is 0 Å². The Morgan fingerprint density at radius 3 is 2.83 bits per heavy atom. The summed E-state index contributed by atoms with van der Waals surface area (Å²) in [7, 11) is 1.59. The first-order valence-corrected chi connectivity index (χ1v) is 5.57. The normalized spacial score (nSPS) is 9.89. The van der Waals surface area contributed by atoms with Crippen LogP contribution in [0, 0.1) is 6.92 Å². The lowest BCUT2D eigenvalue weighted by atomic mass is 10.2. The molecule has 0 atom stereocenters. The average molecular weight is 242 g/mol. The lowest BCUT2D eigenvalue weighted by molar-refractivity contribution is 0.102. The van der Waals surface area contributed by atoms with Crippen molar-refractivity contribution in [1.82, 2.24) is 4.98 Å². The molecule has 1 aromatic carbocycles. The number of nitrogens with one attached hydrogen (secondary N) is 1. The fourth-order valence-electron chi connectivity index (χ4n) is 1.56. The number of rotatable bonds is 3. The SMILES string of the molecule is COc1cccc(NC(=O)c2cc(C)ccn2)c1. The topological polar surface area (TPSA) is 51.2 Å². The minimum Gasteiger partial charge on any atom is -0.497 e. The van der Waals surface area contributed by atoms with Crippen LogP contribution in [0.3, 0.4) is 0 Å². The molecule has 0 radical (unpaired) electrons. The van der Waals surface area contributed by atoms with Crippen LogP contribution in [0.15, 0.2) is 42.6 Å². The molecule has 0 aliphatic heterocycles. The van der Waals surface area contributed by atoms with E-state index in [2.05, 4.69) is 10.3 Å². The van der Waals surface area contributed by atoms with E-state index in [0.29, 0.717) is 17.1 Å². The second-order valence-electron chi connectivity index (χ2n) is 3.90. The number of benzene rings is 1. The van der Waals surface area contributed by atoms with E-state index in [1.807, 2.05) is 25.1 Å². The molecule has 4 nitrogen and oxygen atoms in total. The van der Waals surface area contributed by atoms with Gasteiger partial charge in [-0.2, -0.15) is 0 Å². The maximum atomic E-state index is 12.0. The molecule has 1 N–H and O–H groups in total. The molecule has 4 heteroatoms. The van der Waals surface area contributed by atoms with E-state index in [9.17, 15) is 4.79 Å². The first kappa shape index (κ1) is 12.1. The fourth-order valence-corrected chi connectivity index (χ4v) is 1.56. The molecule has 0 unspecified atom stereocenters. The van der Waals surface area contributed by atoms with Crippen molar-refractivity contribution in [3.63, 3.8) is 0 Å². The molecule has 0 saturated carbocycles. The third-order valence-electron chi connectivity index (χ3n) is 2.48. The van der Waals surface area contributed by atoms with Crippen molar-refractivity contribution in [2.45, 2.75) is 6.92 Å². The van der Waals surface area contributed by atoms with Crippen molar-refractivity contribution in [2.24, 2.45) is 0 Å². The van der Waals surface area contributed by atoms with Crippen LogP contribution in [0.2, 0.25) is 0 Å². The molecule has 1 amide bonds.